The number of aryl methyl sites for hydroxylation is 1. The Morgan fingerprint density at radius 3 is 2.86 bits per heavy atom. The van der Waals surface area contributed by atoms with Crippen molar-refractivity contribution in [3.8, 4) is 0 Å². The Bertz CT molecular complexity index is 1150. The number of esters is 1. The van der Waals surface area contributed by atoms with Crippen LogP contribution in [-0.4, -0.2) is 35.5 Å². The maximum absolute atomic E-state index is 12.7. The first-order valence-electron chi connectivity index (χ1n) is 9.56. The zero-order valence-corrected chi connectivity index (χ0v) is 16.1. The van der Waals surface area contributed by atoms with Gasteiger partial charge in [-0.15, -0.1) is 0 Å². The largest absolute Gasteiger partial charge is 0.465 e. The van der Waals surface area contributed by atoms with Crippen LogP contribution < -0.4 is 10.5 Å². The fraction of sp³-hybridized carbons (Fsp3) is 0.273. The molecule has 7 heteroatoms. The maximum atomic E-state index is 12.7. The van der Waals surface area contributed by atoms with Crippen molar-refractivity contribution in [2.75, 3.05) is 18.6 Å². The zero-order valence-electron chi connectivity index (χ0n) is 16.1. The number of nitrogens with zero attached hydrogens (tertiary/aromatic N) is 2. The molecule has 0 radical (unpaired) electrons. The van der Waals surface area contributed by atoms with Gasteiger partial charge in [0.25, 0.3) is 5.56 Å². The Labute approximate surface area is 167 Å². The molecule has 0 saturated heterocycles. The highest BCUT2D eigenvalue weighted by molar-refractivity contribution is 5.97. The van der Waals surface area contributed by atoms with Gasteiger partial charge in [-0.2, -0.15) is 0 Å². The number of H-pyrrole nitrogens is 1. The third-order valence-electron chi connectivity index (χ3n) is 5.16. The standard InChI is InChI=1S/C22H21N3O4/c1-29-22(28)15-9-10-18-14(13-15)11-12-25(18)20(26)8-4-7-19-23-17-6-3-2-5-16(17)21(27)24-19/h2-3,5-6,9-10,13H,4,7-8,11-12H2,1H3,(H,23,24,27). The van der Waals surface area contributed by atoms with E-state index in [9.17, 15) is 14.4 Å². The van der Waals surface area contributed by atoms with Gasteiger partial charge in [0.05, 0.1) is 23.6 Å². The van der Waals surface area contributed by atoms with Crippen LogP contribution in [0.1, 0.15) is 34.6 Å². The Balaban J connectivity index is 1.40. The van der Waals surface area contributed by atoms with Crippen LogP contribution in [0.25, 0.3) is 10.9 Å². The normalized spacial score (nSPS) is 12.8. The van der Waals surface area contributed by atoms with Crippen LogP contribution >= 0.6 is 0 Å². The first-order valence-corrected chi connectivity index (χ1v) is 9.56. The molecule has 4 rings (SSSR count). The molecular weight excluding hydrogens is 370 g/mol. The number of hydrogen-bond acceptors (Lipinski definition) is 5. The molecule has 0 unspecified atom stereocenters. The van der Waals surface area contributed by atoms with Crippen LogP contribution in [0.4, 0.5) is 5.69 Å². The molecule has 29 heavy (non-hydrogen) atoms. The summed E-state index contributed by atoms with van der Waals surface area (Å²) in [6, 6.07) is 12.5. The fourth-order valence-corrected chi connectivity index (χ4v) is 3.70. The Morgan fingerprint density at radius 2 is 2.03 bits per heavy atom. The number of carbonyl (C=O) groups is 2. The van der Waals surface area contributed by atoms with E-state index in [0.29, 0.717) is 54.5 Å². The van der Waals surface area contributed by atoms with Crippen LogP contribution in [0.15, 0.2) is 47.3 Å². The molecule has 1 aliphatic rings. The molecule has 2 heterocycles. The van der Waals surface area contributed by atoms with E-state index in [2.05, 4.69) is 9.97 Å². The van der Waals surface area contributed by atoms with Gasteiger partial charge in [-0.05, 0) is 48.7 Å². The minimum absolute atomic E-state index is 0.0257. The van der Waals surface area contributed by atoms with Gasteiger partial charge in [0.2, 0.25) is 5.91 Å². The molecule has 148 valence electrons. The second-order valence-electron chi connectivity index (χ2n) is 7.01. The SMILES string of the molecule is COC(=O)c1ccc2c(c1)CCN2C(=O)CCCc1nc2ccccc2c(=O)[nH]1. The summed E-state index contributed by atoms with van der Waals surface area (Å²) in [6.45, 7) is 0.601. The Kier molecular flexibility index (Phi) is 5.12. The fourth-order valence-electron chi connectivity index (χ4n) is 3.70. The molecule has 0 fully saturated rings. The van der Waals surface area contributed by atoms with Gasteiger partial charge in [-0.25, -0.2) is 9.78 Å². The number of para-hydroxylation sites is 1. The van der Waals surface area contributed by atoms with Crippen LogP contribution in [0.3, 0.4) is 0 Å². The topological polar surface area (TPSA) is 92.4 Å². The first-order chi connectivity index (χ1) is 14.1. The number of methoxy groups -OCH3 is 1. The summed E-state index contributed by atoms with van der Waals surface area (Å²) in [7, 11) is 1.35. The molecule has 3 aromatic rings. The lowest BCUT2D eigenvalue weighted by Crippen LogP contribution is -2.28. The minimum atomic E-state index is -0.380. The highest BCUT2D eigenvalue weighted by Gasteiger charge is 2.25. The summed E-state index contributed by atoms with van der Waals surface area (Å²) < 4.78 is 4.75. The molecule has 0 spiro atoms. The number of carbonyl (C=O) groups excluding carboxylic acids is 2. The molecule has 1 aromatic heterocycles. The van der Waals surface area contributed by atoms with Crippen molar-refractivity contribution in [3.63, 3.8) is 0 Å². The van der Waals surface area contributed by atoms with Gasteiger partial charge >= 0.3 is 5.97 Å². The van der Waals surface area contributed by atoms with Crippen molar-refractivity contribution in [3.05, 3.63) is 69.8 Å². The van der Waals surface area contributed by atoms with Gasteiger partial charge in [-0.1, -0.05) is 12.1 Å². The van der Waals surface area contributed by atoms with Crippen molar-refractivity contribution < 1.29 is 14.3 Å². The number of aromatic nitrogens is 2. The van der Waals surface area contributed by atoms with Crippen LogP contribution in [-0.2, 0) is 22.4 Å². The summed E-state index contributed by atoms with van der Waals surface area (Å²) in [6.07, 6.45) is 2.18. The predicted molar refractivity (Wildman–Crippen MR) is 109 cm³/mol. The molecule has 2 aromatic carbocycles. The molecule has 1 N–H and O–H groups in total. The Morgan fingerprint density at radius 1 is 1.21 bits per heavy atom. The summed E-state index contributed by atoms with van der Waals surface area (Å²) in [4.78, 5) is 45.5. The third kappa shape index (κ3) is 3.76. The predicted octanol–water partition coefficient (Wildman–Crippen LogP) is 2.62. The number of amides is 1. The average Bonchev–Trinajstić information content (AvgIpc) is 3.16. The van der Waals surface area contributed by atoms with E-state index >= 15 is 0 Å². The average molecular weight is 391 g/mol. The quantitative estimate of drug-likeness (QED) is 0.675. The summed E-state index contributed by atoms with van der Waals surface area (Å²) in [5.74, 6) is 0.234. The second kappa shape index (κ2) is 7.87. The third-order valence-corrected chi connectivity index (χ3v) is 5.16. The van der Waals surface area contributed by atoms with E-state index in [-0.39, 0.29) is 17.4 Å². The van der Waals surface area contributed by atoms with Gasteiger partial charge < -0.3 is 14.6 Å². The number of benzene rings is 2. The zero-order chi connectivity index (χ0) is 20.4. The molecule has 0 atom stereocenters. The number of hydrogen-bond donors (Lipinski definition) is 1. The van der Waals surface area contributed by atoms with Crippen LogP contribution in [0, 0.1) is 0 Å². The van der Waals surface area contributed by atoms with Crippen molar-refractivity contribution >= 4 is 28.5 Å². The van der Waals surface area contributed by atoms with E-state index in [1.807, 2.05) is 12.1 Å². The van der Waals surface area contributed by atoms with Gasteiger partial charge in [-0.3, -0.25) is 9.59 Å². The number of rotatable bonds is 5. The van der Waals surface area contributed by atoms with Crippen LogP contribution in [0.5, 0.6) is 0 Å². The number of fused-ring (bicyclic) bond motifs is 2. The second-order valence-corrected chi connectivity index (χ2v) is 7.01. The minimum Gasteiger partial charge on any atom is -0.465 e. The molecule has 0 bridgehead atoms. The first kappa shape index (κ1) is 18.9. The number of aromatic amines is 1. The van der Waals surface area contributed by atoms with Crippen LogP contribution in [0.2, 0.25) is 0 Å². The molecule has 0 aliphatic carbocycles. The van der Waals surface area contributed by atoms with Crippen molar-refractivity contribution in [1.29, 1.82) is 0 Å². The van der Waals surface area contributed by atoms with Gasteiger partial charge in [0.1, 0.15) is 5.82 Å². The molecule has 1 aliphatic heterocycles. The van der Waals surface area contributed by atoms with Gasteiger partial charge in [0, 0.05) is 25.1 Å². The smallest absolute Gasteiger partial charge is 0.337 e. The number of ether oxygens (including phenoxy) is 1. The lowest BCUT2D eigenvalue weighted by atomic mass is 10.1. The summed E-state index contributed by atoms with van der Waals surface area (Å²) >= 11 is 0. The maximum Gasteiger partial charge on any atom is 0.337 e. The van der Waals surface area contributed by atoms with E-state index < -0.39 is 0 Å². The van der Waals surface area contributed by atoms with Crippen molar-refractivity contribution in [1.82, 2.24) is 9.97 Å². The lowest BCUT2D eigenvalue weighted by molar-refractivity contribution is -0.118. The highest BCUT2D eigenvalue weighted by Crippen LogP contribution is 2.29. The number of anilines is 1. The van der Waals surface area contributed by atoms with Crippen molar-refractivity contribution in [2.24, 2.45) is 0 Å². The molecule has 0 saturated carbocycles. The lowest BCUT2D eigenvalue weighted by Gasteiger charge is -2.17. The summed E-state index contributed by atoms with van der Waals surface area (Å²) in [5.41, 5.74) is 2.81. The van der Waals surface area contributed by atoms with Crippen molar-refractivity contribution in [2.45, 2.75) is 25.7 Å². The van der Waals surface area contributed by atoms with E-state index in [0.717, 1.165) is 11.3 Å². The van der Waals surface area contributed by atoms with E-state index in [1.165, 1.54) is 7.11 Å². The van der Waals surface area contributed by atoms with E-state index in [1.54, 1.807) is 35.2 Å². The molecule has 7 nitrogen and oxygen atoms in total. The molecule has 1 amide bonds. The van der Waals surface area contributed by atoms with E-state index in [4.69, 9.17) is 4.74 Å². The summed E-state index contributed by atoms with van der Waals surface area (Å²) in [5, 5.41) is 0.562. The van der Waals surface area contributed by atoms with Gasteiger partial charge in [0.15, 0.2) is 0 Å². The number of nitrogens with one attached hydrogen (secondary N) is 1. The monoisotopic (exact) mass is 391 g/mol. The Hall–Kier alpha value is -3.48. The molecular formula is C22H21N3O4. The highest BCUT2D eigenvalue weighted by atomic mass is 16.5.